The van der Waals surface area contributed by atoms with E-state index in [1.54, 1.807) is 30.6 Å². The van der Waals surface area contributed by atoms with Gasteiger partial charge in [0.05, 0.1) is 37.1 Å². The average Bonchev–Trinajstić information content (AvgIpc) is 2.61. The minimum Gasteiger partial charge on any atom is -0.377 e. The van der Waals surface area contributed by atoms with Crippen molar-refractivity contribution in [2.24, 2.45) is 17.3 Å². The van der Waals surface area contributed by atoms with Crippen LogP contribution < -0.4 is 0 Å². The Morgan fingerprint density at radius 2 is 2.09 bits per heavy atom. The molecule has 0 bridgehead atoms. The number of hydrogen-bond donors (Lipinski definition) is 1. The molecule has 1 aliphatic carbocycles. The molecule has 112 valence electrons. The molecular formula is C17H13N5O. The van der Waals surface area contributed by atoms with Crippen LogP contribution in [-0.2, 0) is 4.74 Å². The maximum absolute atomic E-state index is 9.74. The summed E-state index contributed by atoms with van der Waals surface area (Å²) in [5.41, 5.74) is -0.355. The summed E-state index contributed by atoms with van der Waals surface area (Å²) < 4.78 is 5.51. The maximum atomic E-state index is 9.74. The van der Waals surface area contributed by atoms with Gasteiger partial charge in [-0.2, -0.15) is 15.8 Å². The number of fused-ring (bicyclic) bond motifs is 1. The first-order chi connectivity index (χ1) is 11.2. The van der Waals surface area contributed by atoms with Crippen molar-refractivity contribution in [3.05, 3.63) is 41.7 Å². The first-order valence-corrected chi connectivity index (χ1v) is 7.18. The van der Waals surface area contributed by atoms with Crippen molar-refractivity contribution < 1.29 is 4.74 Å². The van der Waals surface area contributed by atoms with E-state index < -0.39 is 17.3 Å². The van der Waals surface area contributed by atoms with Gasteiger partial charge in [-0.1, -0.05) is 12.1 Å². The molecule has 1 aliphatic heterocycles. The van der Waals surface area contributed by atoms with Crippen LogP contribution in [0.2, 0.25) is 0 Å². The number of pyridine rings is 1. The molecule has 2 aliphatic rings. The van der Waals surface area contributed by atoms with E-state index >= 15 is 0 Å². The number of nitrogens with one attached hydrogen (secondary N) is 1. The van der Waals surface area contributed by atoms with Crippen LogP contribution in [0.4, 0.5) is 0 Å². The minimum atomic E-state index is -1.69. The molecule has 1 fully saturated rings. The summed E-state index contributed by atoms with van der Waals surface area (Å²) in [5.74, 6) is -1.71. The monoisotopic (exact) mass is 303 g/mol. The van der Waals surface area contributed by atoms with Gasteiger partial charge in [0.25, 0.3) is 0 Å². The number of nitrogens with zero attached hydrogens (tertiary/aromatic N) is 4. The van der Waals surface area contributed by atoms with Gasteiger partial charge < -0.3 is 10.1 Å². The van der Waals surface area contributed by atoms with E-state index in [4.69, 9.17) is 10.1 Å². The topological polar surface area (TPSA) is 117 Å². The molecule has 1 aromatic rings. The van der Waals surface area contributed by atoms with Crippen molar-refractivity contribution in [3.63, 3.8) is 0 Å². The van der Waals surface area contributed by atoms with Crippen molar-refractivity contribution in [3.8, 4) is 18.2 Å². The van der Waals surface area contributed by atoms with Gasteiger partial charge in [-0.05, 0) is 17.2 Å². The zero-order valence-electron chi connectivity index (χ0n) is 12.2. The summed E-state index contributed by atoms with van der Waals surface area (Å²) in [7, 11) is 0. The van der Waals surface area contributed by atoms with Crippen molar-refractivity contribution in [2.45, 2.75) is 5.92 Å². The fourth-order valence-corrected chi connectivity index (χ4v) is 3.55. The molecule has 1 aromatic heterocycles. The van der Waals surface area contributed by atoms with Crippen molar-refractivity contribution >= 4 is 5.71 Å². The average molecular weight is 303 g/mol. The highest BCUT2D eigenvalue weighted by Gasteiger charge is 2.57. The van der Waals surface area contributed by atoms with Crippen molar-refractivity contribution in [1.29, 1.82) is 21.2 Å². The van der Waals surface area contributed by atoms with Crippen molar-refractivity contribution in [2.75, 3.05) is 13.2 Å². The molecule has 6 heteroatoms. The fourth-order valence-electron chi connectivity index (χ4n) is 3.55. The van der Waals surface area contributed by atoms with Crippen molar-refractivity contribution in [1.82, 2.24) is 4.98 Å². The third kappa shape index (κ3) is 2.03. The lowest BCUT2D eigenvalue weighted by Crippen LogP contribution is -2.50. The van der Waals surface area contributed by atoms with E-state index in [0.717, 1.165) is 5.57 Å². The largest absolute Gasteiger partial charge is 0.377 e. The van der Waals surface area contributed by atoms with Gasteiger partial charge in [0.2, 0.25) is 0 Å². The Balaban J connectivity index is 2.26. The highest BCUT2D eigenvalue weighted by atomic mass is 16.5. The minimum absolute atomic E-state index is 0.150. The quantitative estimate of drug-likeness (QED) is 0.795. The second-order valence-corrected chi connectivity index (χ2v) is 5.62. The van der Waals surface area contributed by atoms with Crippen LogP contribution in [0.5, 0.6) is 0 Å². The molecule has 1 N–H and O–H groups in total. The van der Waals surface area contributed by atoms with Crippen LogP contribution >= 0.6 is 0 Å². The van der Waals surface area contributed by atoms with Gasteiger partial charge in [-0.15, -0.1) is 0 Å². The molecule has 23 heavy (non-hydrogen) atoms. The third-order valence-corrected chi connectivity index (χ3v) is 4.60. The van der Waals surface area contributed by atoms with Crippen LogP contribution in [0.1, 0.15) is 11.5 Å². The van der Waals surface area contributed by atoms with E-state index in [-0.39, 0.29) is 11.6 Å². The first-order valence-electron chi connectivity index (χ1n) is 7.18. The highest BCUT2D eigenvalue weighted by Crippen LogP contribution is 2.52. The number of aromatic nitrogens is 1. The Labute approximate surface area is 133 Å². The Morgan fingerprint density at radius 1 is 1.30 bits per heavy atom. The van der Waals surface area contributed by atoms with Gasteiger partial charge in [0.15, 0.2) is 5.41 Å². The fraction of sp³-hybridized carbons (Fsp3) is 0.353. The maximum Gasteiger partial charge on any atom is 0.189 e. The Bertz CT molecular complexity index is 779. The van der Waals surface area contributed by atoms with E-state index in [9.17, 15) is 15.8 Å². The second-order valence-electron chi connectivity index (χ2n) is 5.62. The molecule has 0 aromatic carbocycles. The van der Waals surface area contributed by atoms with E-state index in [1.807, 2.05) is 12.1 Å². The Hall–Kier alpha value is -3.01. The normalized spacial score (nSPS) is 28.5. The molecule has 0 unspecified atom stereocenters. The number of nitriles is 3. The molecule has 0 saturated heterocycles. The van der Waals surface area contributed by atoms with Gasteiger partial charge in [-0.3, -0.25) is 4.98 Å². The molecule has 0 spiro atoms. The number of rotatable bonds is 1. The summed E-state index contributed by atoms with van der Waals surface area (Å²) in [5, 5.41) is 37.3. The lowest BCUT2D eigenvalue weighted by molar-refractivity contribution is 0.0949. The van der Waals surface area contributed by atoms with Gasteiger partial charge in [0, 0.05) is 24.2 Å². The standard InChI is InChI=1S/C17H13N5O/c18-6-13-12-3-5-23-8-14(12)15(11-2-1-4-22-7-11)17(9-19,10-20)16(13)21/h1-4,7,13-15,21H,5,8H2/t13-,14-,15-/m1/s1. The second kappa shape index (κ2) is 5.65. The zero-order valence-corrected chi connectivity index (χ0v) is 12.2. The van der Waals surface area contributed by atoms with Gasteiger partial charge in [0.1, 0.15) is 5.92 Å². The molecule has 3 atom stereocenters. The Kier molecular flexibility index (Phi) is 3.66. The van der Waals surface area contributed by atoms with Gasteiger partial charge in [-0.25, -0.2) is 0 Å². The molecule has 6 nitrogen and oxygen atoms in total. The third-order valence-electron chi connectivity index (χ3n) is 4.60. The summed E-state index contributed by atoms with van der Waals surface area (Å²) in [4.78, 5) is 4.08. The van der Waals surface area contributed by atoms with Gasteiger partial charge >= 0.3 is 0 Å². The molecule has 0 radical (unpaired) electrons. The smallest absolute Gasteiger partial charge is 0.189 e. The SMILES string of the molecule is N#C[C@H]1C(=N)C(C#N)(C#N)[C@H](c2cccnc2)[C@@H]2COCC=C12. The molecule has 2 heterocycles. The van der Waals surface area contributed by atoms with E-state index in [0.29, 0.717) is 18.8 Å². The van der Waals surface area contributed by atoms with Crippen LogP contribution in [-0.4, -0.2) is 23.9 Å². The van der Waals surface area contributed by atoms with Crippen LogP contribution in [0.15, 0.2) is 36.2 Å². The summed E-state index contributed by atoms with van der Waals surface area (Å²) >= 11 is 0. The predicted octanol–water partition coefficient (Wildman–Crippen LogP) is 1.94. The lowest BCUT2D eigenvalue weighted by Gasteiger charge is -2.45. The molecule has 0 amide bonds. The lowest BCUT2D eigenvalue weighted by atomic mass is 9.55. The highest BCUT2D eigenvalue weighted by molar-refractivity contribution is 6.00. The molecule has 3 rings (SSSR count). The van der Waals surface area contributed by atoms with Crippen LogP contribution in [0.25, 0.3) is 0 Å². The zero-order chi connectivity index (χ0) is 16.4. The summed E-state index contributed by atoms with van der Waals surface area (Å²) in [6, 6.07) is 9.65. The summed E-state index contributed by atoms with van der Waals surface area (Å²) in [6.45, 7) is 0.700. The number of ether oxygens (including phenoxy) is 1. The van der Waals surface area contributed by atoms with Crippen LogP contribution in [0, 0.1) is 56.7 Å². The molecule has 1 saturated carbocycles. The Morgan fingerprint density at radius 3 is 2.70 bits per heavy atom. The molecular weight excluding hydrogens is 290 g/mol. The van der Waals surface area contributed by atoms with E-state index in [1.165, 1.54) is 0 Å². The predicted molar refractivity (Wildman–Crippen MR) is 79.9 cm³/mol. The van der Waals surface area contributed by atoms with E-state index in [2.05, 4.69) is 11.1 Å². The van der Waals surface area contributed by atoms with Crippen LogP contribution in [0.3, 0.4) is 0 Å². The number of hydrogen-bond acceptors (Lipinski definition) is 6. The first kappa shape index (κ1) is 14.9. The summed E-state index contributed by atoms with van der Waals surface area (Å²) in [6.07, 6.45) is 5.03.